The molecular weight excluding hydrogens is 234 g/mol. The molecule has 1 aliphatic rings. The average Bonchev–Trinajstić information content (AvgIpc) is 2.46. The Bertz CT molecular complexity index is 535. The fraction of sp³-hybridized carbons (Fsp3) is 0.167. The summed E-state index contributed by atoms with van der Waals surface area (Å²) in [5.74, 6) is 0. The Labute approximate surface area is 103 Å². The summed E-state index contributed by atoms with van der Waals surface area (Å²) in [6.07, 6.45) is 3.07. The first kappa shape index (κ1) is 12.1. The number of aliphatic imine (C=N–C) groups is 1. The van der Waals surface area contributed by atoms with E-state index >= 15 is 0 Å². The van der Waals surface area contributed by atoms with E-state index in [0.29, 0.717) is 17.7 Å². The highest BCUT2D eigenvalue weighted by Crippen LogP contribution is 2.15. The Hall–Kier alpha value is -2.34. The van der Waals surface area contributed by atoms with Crippen LogP contribution in [0, 0.1) is 0 Å². The van der Waals surface area contributed by atoms with Gasteiger partial charge in [-0.1, -0.05) is 11.2 Å². The Kier molecular flexibility index (Phi) is 3.59. The Balaban J connectivity index is 2.52. The Morgan fingerprint density at radius 2 is 2.33 bits per heavy atom. The molecule has 2 rings (SSSR count). The smallest absolute Gasteiger partial charge is 0.168 e. The van der Waals surface area contributed by atoms with Gasteiger partial charge in [-0.3, -0.25) is 9.78 Å². The summed E-state index contributed by atoms with van der Waals surface area (Å²) in [4.78, 5) is 19.1. The molecule has 1 aromatic rings. The van der Waals surface area contributed by atoms with Crippen molar-refractivity contribution in [1.82, 2.24) is 4.98 Å². The molecule has 1 aliphatic heterocycles. The summed E-state index contributed by atoms with van der Waals surface area (Å²) in [5, 5.41) is 12.3. The largest absolute Gasteiger partial charge is 0.410 e. The predicted octanol–water partition coefficient (Wildman–Crippen LogP) is 0.812. The van der Waals surface area contributed by atoms with Gasteiger partial charge in [0.15, 0.2) is 6.29 Å². The lowest BCUT2D eigenvalue weighted by molar-refractivity contribution is -0.105. The summed E-state index contributed by atoms with van der Waals surface area (Å²) in [7, 11) is 1.45. The summed E-state index contributed by atoms with van der Waals surface area (Å²) < 4.78 is 5.14. The van der Waals surface area contributed by atoms with Crippen LogP contribution in [0.4, 0.5) is 0 Å². The molecule has 0 fully saturated rings. The third kappa shape index (κ3) is 2.18. The molecule has 18 heavy (non-hydrogen) atoms. The molecule has 0 amide bonds. The molecule has 0 aromatic carbocycles. The number of oxime groups is 1. The van der Waals surface area contributed by atoms with Gasteiger partial charge < -0.3 is 9.94 Å². The standard InChI is InChI=1S/C12H11N3O3/c1-18-10-6-8(7-16)14-11(12(10)15-17)9-4-2-3-5-13-9/h2-7,10,17H,1H3/b15-12+. The number of carbonyl (C=O) groups excluding carboxylic acids is 1. The fourth-order valence-corrected chi connectivity index (χ4v) is 1.63. The zero-order valence-corrected chi connectivity index (χ0v) is 9.65. The average molecular weight is 245 g/mol. The van der Waals surface area contributed by atoms with E-state index in [4.69, 9.17) is 9.94 Å². The second-order valence-electron chi connectivity index (χ2n) is 3.53. The molecule has 0 radical (unpaired) electrons. The minimum atomic E-state index is -0.621. The molecule has 0 bridgehead atoms. The van der Waals surface area contributed by atoms with Gasteiger partial charge in [-0.15, -0.1) is 0 Å². The third-order valence-electron chi connectivity index (χ3n) is 2.47. The number of carbonyl (C=O) groups is 1. The molecule has 0 spiro atoms. The van der Waals surface area contributed by atoms with E-state index in [1.165, 1.54) is 13.2 Å². The van der Waals surface area contributed by atoms with Crippen LogP contribution in [0.2, 0.25) is 0 Å². The van der Waals surface area contributed by atoms with Crippen molar-refractivity contribution >= 4 is 17.7 Å². The van der Waals surface area contributed by atoms with Gasteiger partial charge in [0.25, 0.3) is 0 Å². The van der Waals surface area contributed by atoms with Gasteiger partial charge in [0.1, 0.15) is 23.2 Å². The zero-order valence-electron chi connectivity index (χ0n) is 9.65. The number of methoxy groups -OCH3 is 1. The van der Waals surface area contributed by atoms with Crippen LogP contribution in [0.3, 0.4) is 0 Å². The lowest BCUT2D eigenvalue weighted by Gasteiger charge is -2.18. The zero-order chi connectivity index (χ0) is 13.0. The van der Waals surface area contributed by atoms with Crippen molar-refractivity contribution in [3.8, 4) is 0 Å². The highest BCUT2D eigenvalue weighted by Gasteiger charge is 2.26. The van der Waals surface area contributed by atoms with Gasteiger partial charge in [0.05, 0.1) is 5.69 Å². The summed E-state index contributed by atoms with van der Waals surface area (Å²) in [6.45, 7) is 0. The quantitative estimate of drug-likeness (QED) is 0.485. The van der Waals surface area contributed by atoms with E-state index in [-0.39, 0.29) is 11.4 Å². The van der Waals surface area contributed by atoms with Crippen LogP contribution in [0.1, 0.15) is 5.69 Å². The van der Waals surface area contributed by atoms with Crippen molar-refractivity contribution in [2.75, 3.05) is 7.11 Å². The number of allylic oxidation sites excluding steroid dienone is 1. The van der Waals surface area contributed by atoms with Crippen molar-refractivity contribution < 1.29 is 14.7 Å². The maximum atomic E-state index is 10.8. The number of pyridine rings is 1. The molecule has 2 heterocycles. The first-order valence-corrected chi connectivity index (χ1v) is 5.22. The highest BCUT2D eigenvalue weighted by atomic mass is 16.5. The van der Waals surface area contributed by atoms with Crippen LogP contribution in [0.25, 0.3) is 0 Å². The van der Waals surface area contributed by atoms with Crippen LogP contribution in [0.5, 0.6) is 0 Å². The lowest BCUT2D eigenvalue weighted by Crippen LogP contribution is -2.33. The Morgan fingerprint density at radius 1 is 1.50 bits per heavy atom. The molecule has 1 unspecified atom stereocenters. The first-order valence-electron chi connectivity index (χ1n) is 5.22. The minimum Gasteiger partial charge on any atom is -0.410 e. The number of aromatic nitrogens is 1. The van der Waals surface area contributed by atoms with Gasteiger partial charge >= 0.3 is 0 Å². The molecule has 6 heteroatoms. The van der Waals surface area contributed by atoms with Crippen molar-refractivity contribution in [2.24, 2.45) is 10.1 Å². The summed E-state index contributed by atoms with van der Waals surface area (Å²) >= 11 is 0. The molecule has 1 atom stereocenters. The van der Waals surface area contributed by atoms with E-state index in [9.17, 15) is 4.79 Å². The number of hydrogen-bond acceptors (Lipinski definition) is 6. The van der Waals surface area contributed by atoms with Crippen LogP contribution >= 0.6 is 0 Å². The van der Waals surface area contributed by atoms with Gasteiger partial charge in [-0.05, 0) is 18.2 Å². The second kappa shape index (κ2) is 5.33. The van der Waals surface area contributed by atoms with Gasteiger partial charge in [0, 0.05) is 13.3 Å². The van der Waals surface area contributed by atoms with Crippen LogP contribution in [0.15, 0.2) is 46.3 Å². The number of ether oxygens (including phenoxy) is 1. The predicted molar refractivity (Wildman–Crippen MR) is 64.9 cm³/mol. The molecule has 0 aliphatic carbocycles. The fourth-order valence-electron chi connectivity index (χ4n) is 1.63. The molecule has 1 N–H and O–H groups in total. The molecule has 1 aromatic heterocycles. The van der Waals surface area contributed by atoms with Crippen LogP contribution in [-0.2, 0) is 9.53 Å². The number of nitrogens with zero attached hydrogens (tertiary/aromatic N) is 3. The van der Waals surface area contributed by atoms with Crippen molar-refractivity contribution in [1.29, 1.82) is 0 Å². The second-order valence-corrected chi connectivity index (χ2v) is 3.53. The SMILES string of the molecule is COC1C=C(C=O)N=C(c2ccccn2)/C1=N/O. The van der Waals surface area contributed by atoms with Crippen molar-refractivity contribution in [2.45, 2.75) is 6.10 Å². The monoisotopic (exact) mass is 245 g/mol. The molecule has 6 nitrogen and oxygen atoms in total. The molecule has 92 valence electrons. The van der Waals surface area contributed by atoms with Gasteiger partial charge in [-0.2, -0.15) is 0 Å². The third-order valence-corrected chi connectivity index (χ3v) is 2.47. The normalized spacial score (nSPS) is 21.4. The first-order chi connectivity index (χ1) is 8.80. The van der Waals surface area contributed by atoms with E-state index in [0.717, 1.165) is 0 Å². The Morgan fingerprint density at radius 3 is 2.89 bits per heavy atom. The lowest BCUT2D eigenvalue weighted by atomic mass is 10.0. The highest BCUT2D eigenvalue weighted by molar-refractivity contribution is 6.50. The summed E-state index contributed by atoms with van der Waals surface area (Å²) in [6, 6.07) is 5.25. The number of hydrogen-bond donors (Lipinski definition) is 1. The van der Waals surface area contributed by atoms with Crippen LogP contribution in [-0.4, -0.2) is 41.1 Å². The summed E-state index contributed by atoms with van der Waals surface area (Å²) in [5.41, 5.74) is 1.28. The van der Waals surface area contributed by atoms with E-state index < -0.39 is 6.10 Å². The van der Waals surface area contributed by atoms with Crippen LogP contribution < -0.4 is 0 Å². The maximum Gasteiger partial charge on any atom is 0.168 e. The van der Waals surface area contributed by atoms with Crippen molar-refractivity contribution in [3.05, 3.63) is 41.9 Å². The molecule has 0 saturated carbocycles. The van der Waals surface area contributed by atoms with E-state index in [1.807, 2.05) is 0 Å². The maximum absolute atomic E-state index is 10.8. The number of aldehydes is 1. The number of rotatable bonds is 3. The van der Waals surface area contributed by atoms with Crippen molar-refractivity contribution in [3.63, 3.8) is 0 Å². The van der Waals surface area contributed by atoms with Gasteiger partial charge in [0.2, 0.25) is 0 Å². The van der Waals surface area contributed by atoms with E-state index in [1.54, 1.807) is 24.4 Å². The molecular formula is C12H11N3O3. The van der Waals surface area contributed by atoms with Gasteiger partial charge in [-0.25, -0.2) is 4.99 Å². The molecule has 0 saturated heterocycles. The minimum absolute atomic E-state index is 0.218. The van der Waals surface area contributed by atoms with E-state index in [2.05, 4.69) is 15.1 Å². The topological polar surface area (TPSA) is 84.1 Å².